The number of aliphatic imine (C=N–C) groups is 1. The summed E-state index contributed by atoms with van der Waals surface area (Å²) >= 11 is 0. The fraction of sp³-hybridized carbons (Fsp3) is 0.381. The summed E-state index contributed by atoms with van der Waals surface area (Å²) in [5.41, 5.74) is 6.59. The zero-order chi connectivity index (χ0) is 21.7. The second-order valence-electron chi connectivity index (χ2n) is 7.35. The van der Waals surface area contributed by atoms with Crippen molar-refractivity contribution in [3.05, 3.63) is 47.9 Å². The number of rotatable bonds is 7. The van der Waals surface area contributed by atoms with Crippen molar-refractivity contribution in [2.45, 2.75) is 38.6 Å². The van der Waals surface area contributed by atoms with E-state index < -0.39 is 11.4 Å². The van der Waals surface area contributed by atoms with Gasteiger partial charge in [0.2, 0.25) is 11.8 Å². The van der Waals surface area contributed by atoms with E-state index in [-0.39, 0.29) is 24.0 Å². The minimum absolute atomic E-state index is 0.115. The van der Waals surface area contributed by atoms with Crippen LogP contribution in [0.4, 0.5) is 5.69 Å². The van der Waals surface area contributed by atoms with Crippen LogP contribution in [0.2, 0.25) is 0 Å². The van der Waals surface area contributed by atoms with Gasteiger partial charge in [-0.3, -0.25) is 14.5 Å². The molecule has 2 heterocycles. The number of nitrogens with zero attached hydrogens (tertiary/aromatic N) is 4. The molecule has 2 aromatic rings. The molecule has 0 saturated carbocycles. The molecule has 1 aliphatic heterocycles. The van der Waals surface area contributed by atoms with E-state index in [1.165, 1.54) is 17.3 Å². The third-order valence-electron chi connectivity index (χ3n) is 4.93. The Morgan fingerprint density at radius 1 is 1.33 bits per heavy atom. The van der Waals surface area contributed by atoms with Crippen LogP contribution in [-0.2, 0) is 10.3 Å². The van der Waals surface area contributed by atoms with Gasteiger partial charge < -0.3 is 15.8 Å². The van der Waals surface area contributed by atoms with Gasteiger partial charge in [0.05, 0.1) is 31.0 Å². The van der Waals surface area contributed by atoms with E-state index in [9.17, 15) is 9.59 Å². The molecule has 1 aromatic heterocycles. The SMILES string of the molecule is CCCCOc1cnc(C(=O)Nc2cccc(C3(C)CC(=O)N(C)C(N)=N3)c2)cn1. The van der Waals surface area contributed by atoms with E-state index in [1.807, 2.05) is 13.0 Å². The summed E-state index contributed by atoms with van der Waals surface area (Å²) in [6.07, 6.45) is 4.95. The molecule has 30 heavy (non-hydrogen) atoms. The Balaban J connectivity index is 1.72. The van der Waals surface area contributed by atoms with Gasteiger partial charge in [0.25, 0.3) is 5.91 Å². The van der Waals surface area contributed by atoms with Gasteiger partial charge in [-0.2, -0.15) is 0 Å². The summed E-state index contributed by atoms with van der Waals surface area (Å²) in [5.74, 6) is 0.0420. The molecule has 1 aromatic carbocycles. The van der Waals surface area contributed by atoms with Gasteiger partial charge >= 0.3 is 0 Å². The predicted octanol–water partition coefficient (Wildman–Crippen LogP) is 2.30. The molecule has 0 bridgehead atoms. The normalized spacial score (nSPS) is 18.7. The molecule has 0 aliphatic carbocycles. The van der Waals surface area contributed by atoms with Gasteiger partial charge in [-0.05, 0) is 31.0 Å². The molecule has 2 amide bonds. The van der Waals surface area contributed by atoms with Crippen molar-refractivity contribution in [1.29, 1.82) is 0 Å². The van der Waals surface area contributed by atoms with E-state index in [4.69, 9.17) is 10.5 Å². The minimum atomic E-state index is -0.800. The van der Waals surface area contributed by atoms with Crippen molar-refractivity contribution in [2.24, 2.45) is 10.7 Å². The summed E-state index contributed by atoms with van der Waals surface area (Å²) in [4.78, 5) is 38.8. The Kier molecular flexibility index (Phi) is 6.29. The van der Waals surface area contributed by atoms with E-state index in [0.717, 1.165) is 18.4 Å². The third-order valence-corrected chi connectivity index (χ3v) is 4.93. The number of ether oxygens (including phenoxy) is 1. The van der Waals surface area contributed by atoms with Gasteiger partial charge in [-0.15, -0.1) is 0 Å². The van der Waals surface area contributed by atoms with Crippen molar-refractivity contribution in [1.82, 2.24) is 14.9 Å². The van der Waals surface area contributed by atoms with Gasteiger partial charge in [-0.25, -0.2) is 15.0 Å². The van der Waals surface area contributed by atoms with E-state index in [0.29, 0.717) is 18.2 Å². The van der Waals surface area contributed by atoms with Crippen LogP contribution in [0.3, 0.4) is 0 Å². The first-order valence-electron chi connectivity index (χ1n) is 9.81. The average molecular weight is 410 g/mol. The summed E-state index contributed by atoms with van der Waals surface area (Å²) < 4.78 is 5.46. The zero-order valence-corrected chi connectivity index (χ0v) is 17.4. The molecular formula is C21H26N6O3. The number of nitrogens with one attached hydrogen (secondary N) is 1. The first kappa shape index (κ1) is 21.2. The van der Waals surface area contributed by atoms with Crippen molar-refractivity contribution >= 4 is 23.5 Å². The van der Waals surface area contributed by atoms with Crippen molar-refractivity contribution < 1.29 is 14.3 Å². The van der Waals surface area contributed by atoms with Crippen LogP contribution in [-0.4, -0.2) is 46.3 Å². The molecule has 1 unspecified atom stereocenters. The van der Waals surface area contributed by atoms with Crippen LogP contribution >= 0.6 is 0 Å². The highest BCUT2D eigenvalue weighted by Crippen LogP contribution is 2.34. The lowest BCUT2D eigenvalue weighted by atomic mass is 9.87. The maximum Gasteiger partial charge on any atom is 0.275 e. The fourth-order valence-electron chi connectivity index (χ4n) is 3.03. The molecule has 3 rings (SSSR count). The molecule has 158 valence electrons. The molecule has 0 fully saturated rings. The second kappa shape index (κ2) is 8.89. The molecule has 0 radical (unpaired) electrons. The molecule has 0 saturated heterocycles. The minimum Gasteiger partial charge on any atom is -0.477 e. The maximum atomic E-state index is 12.5. The largest absolute Gasteiger partial charge is 0.477 e. The van der Waals surface area contributed by atoms with Gasteiger partial charge in [-0.1, -0.05) is 25.5 Å². The number of nitrogens with two attached hydrogens (primary N) is 1. The maximum absolute atomic E-state index is 12.5. The number of hydrogen-bond donors (Lipinski definition) is 2. The topological polar surface area (TPSA) is 123 Å². The van der Waals surface area contributed by atoms with Crippen LogP contribution in [0.5, 0.6) is 5.88 Å². The standard InChI is InChI=1S/C21H26N6O3/c1-4-5-9-30-17-13-23-16(12-24-17)19(29)25-15-8-6-7-14(10-15)21(2)11-18(28)27(3)20(22)26-21/h6-8,10,12-13H,4-5,9,11H2,1-3H3,(H2,22,26)(H,25,29). The number of benzene rings is 1. The first-order chi connectivity index (χ1) is 14.3. The number of guanidine groups is 1. The smallest absolute Gasteiger partial charge is 0.275 e. The van der Waals surface area contributed by atoms with Crippen LogP contribution in [0, 0.1) is 0 Å². The van der Waals surface area contributed by atoms with Crippen molar-refractivity contribution in [3.63, 3.8) is 0 Å². The molecule has 9 heteroatoms. The van der Waals surface area contributed by atoms with Crippen LogP contribution in [0.25, 0.3) is 0 Å². The second-order valence-corrected chi connectivity index (χ2v) is 7.35. The van der Waals surface area contributed by atoms with Crippen molar-refractivity contribution in [2.75, 3.05) is 19.0 Å². The van der Waals surface area contributed by atoms with Crippen LogP contribution in [0.1, 0.15) is 49.2 Å². The van der Waals surface area contributed by atoms with E-state index >= 15 is 0 Å². The van der Waals surface area contributed by atoms with E-state index in [2.05, 4.69) is 27.2 Å². The Hall–Kier alpha value is -3.49. The van der Waals surface area contributed by atoms with Gasteiger partial charge in [0.1, 0.15) is 5.69 Å². The number of unbranched alkanes of at least 4 members (excludes halogenated alkanes) is 1. The highest BCUT2D eigenvalue weighted by molar-refractivity contribution is 6.03. The first-order valence-corrected chi connectivity index (χ1v) is 9.81. The van der Waals surface area contributed by atoms with E-state index in [1.54, 1.807) is 25.2 Å². The molecule has 9 nitrogen and oxygen atoms in total. The third kappa shape index (κ3) is 4.73. The summed E-state index contributed by atoms with van der Waals surface area (Å²) in [6.45, 7) is 4.48. The number of carbonyl (C=O) groups excluding carboxylic acids is 2. The number of anilines is 1. The summed E-state index contributed by atoms with van der Waals surface area (Å²) in [5, 5.41) is 2.80. The highest BCUT2D eigenvalue weighted by Gasteiger charge is 2.36. The van der Waals surface area contributed by atoms with Crippen LogP contribution < -0.4 is 15.8 Å². The Labute approximate surface area is 175 Å². The number of aromatic nitrogens is 2. The lowest BCUT2D eigenvalue weighted by molar-refractivity contribution is -0.128. The van der Waals surface area contributed by atoms with Crippen LogP contribution in [0.15, 0.2) is 41.7 Å². The molecule has 1 aliphatic rings. The molecule has 3 N–H and O–H groups in total. The molecule has 0 spiro atoms. The number of amides is 2. The lowest BCUT2D eigenvalue weighted by Gasteiger charge is -2.33. The average Bonchev–Trinajstić information content (AvgIpc) is 2.73. The summed E-state index contributed by atoms with van der Waals surface area (Å²) in [7, 11) is 1.60. The number of carbonyl (C=O) groups is 2. The Morgan fingerprint density at radius 2 is 2.13 bits per heavy atom. The monoisotopic (exact) mass is 410 g/mol. The molecule has 1 atom stereocenters. The highest BCUT2D eigenvalue weighted by atomic mass is 16.5. The quantitative estimate of drug-likeness (QED) is 0.675. The lowest BCUT2D eigenvalue weighted by Crippen LogP contribution is -2.47. The summed E-state index contributed by atoms with van der Waals surface area (Å²) in [6, 6.07) is 7.18. The fourth-order valence-corrected chi connectivity index (χ4v) is 3.03. The zero-order valence-electron chi connectivity index (χ0n) is 17.4. The number of hydrogen-bond acceptors (Lipinski definition) is 7. The van der Waals surface area contributed by atoms with Gasteiger partial charge in [0, 0.05) is 12.7 Å². The predicted molar refractivity (Wildman–Crippen MR) is 113 cm³/mol. The Bertz CT molecular complexity index is 959. The molecular weight excluding hydrogens is 384 g/mol. The Morgan fingerprint density at radius 3 is 2.80 bits per heavy atom. The van der Waals surface area contributed by atoms with Gasteiger partial charge in [0.15, 0.2) is 5.96 Å². The van der Waals surface area contributed by atoms with Crippen molar-refractivity contribution in [3.8, 4) is 5.88 Å².